The summed E-state index contributed by atoms with van der Waals surface area (Å²) >= 11 is 0. The predicted octanol–water partition coefficient (Wildman–Crippen LogP) is 0.149. The molecule has 1 unspecified atom stereocenters. The Morgan fingerprint density at radius 2 is 1.73 bits per heavy atom. The Balaban J connectivity index is 3.68. The molecule has 0 aromatic carbocycles. The van der Waals surface area contributed by atoms with Crippen LogP contribution in [0.1, 0.15) is 12.6 Å². The fourth-order valence-electron chi connectivity index (χ4n) is 1.53. The molecule has 15 heavy (non-hydrogen) atoms. The lowest BCUT2D eigenvalue weighted by Crippen LogP contribution is -2.46. The molecule has 0 saturated carbocycles. The van der Waals surface area contributed by atoms with Crippen LogP contribution in [0.4, 0.5) is 0 Å². The van der Waals surface area contributed by atoms with Gasteiger partial charge >= 0.3 is 5.69 Å². The topological polar surface area (TPSA) is 44.0 Å². The smallest absolute Gasteiger partial charge is 0.300 e. The second kappa shape index (κ2) is 4.31. The minimum Gasteiger partial charge on any atom is -0.300 e. The minimum atomic E-state index is -0.453. The van der Waals surface area contributed by atoms with Gasteiger partial charge in [-0.05, 0) is 19.8 Å². The summed E-state index contributed by atoms with van der Waals surface area (Å²) in [7, 11) is 2.79. The van der Waals surface area contributed by atoms with Gasteiger partial charge in [0.05, 0.1) is 5.30 Å². The van der Waals surface area contributed by atoms with Gasteiger partial charge in [0.1, 0.15) is 0 Å². The van der Waals surface area contributed by atoms with E-state index in [0.29, 0.717) is 0 Å². The van der Waals surface area contributed by atoms with Gasteiger partial charge in [0.2, 0.25) is 0 Å². The van der Waals surface area contributed by atoms with E-state index < -0.39 is 7.92 Å². The maximum Gasteiger partial charge on any atom is 0.330 e. The highest BCUT2D eigenvalue weighted by Crippen LogP contribution is 2.27. The Morgan fingerprint density at radius 3 is 2.20 bits per heavy atom. The highest BCUT2D eigenvalue weighted by atomic mass is 31.1. The lowest BCUT2D eigenvalue weighted by atomic mass is 10.4. The highest BCUT2D eigenvalue weighted by Gasteiger charge is 2.16. The Hall–Kier alpha value is -0.890. The molecule has 0 aliphatic carbocycles. The van der Waals surface area contributed by atoms with E-state index in [0.717, 1.165) is 17.2 Å². The summed E-state index contributed by atoms with van der Waals surface area (Å²) in [5, 5.41) is 0.817. The van der Waals surface area contributed by atoms with Crippen molar-refractivity contribution in [3.63, 3.8) is 0 Å². The predicted molar refractivity (Wildman–Crippen MR) is 64.7 cm³/mol. The molecule has 1 atom stereocenters. The molecule has 0 spiro atoms. The molecule has 0 bridgehead atoms. The molecule has 84 valence electrons. The second-order valence-corrected chi connectivity index (χ2v) is 6.13. The molecule has 0 aliphatic heterocycles. The van der Waals surface area contributed by atoms with Crippen LogP contribution in [-0.4, -0.2) is 22.0 Å². The summed E-state index contributed by atoms with van der Waals surface area (Å²) in [6, 6.07) is 0. The number of hydrogen-bond acceptors (Lipinski definition) is 2. The zero-order valence-corrected chi connectivity index (χ0v) is 10.8. The van der Waals surface area contributed by atoms with Crippen LogP contribution in [0.15, 0.2) is 9.59 Å². The van der Waals surface area contributed by atoms with E-state index in [1.54, 1.807) is 11.6 Å². The SMILES string of the molecule is CCP(C)c1c(C)n(C)c(=O)n(C)c1=O. The molecule has 0 fully saturated rings. The molecule has 1 aromatic heterocycles. The third kappa shape index (κ3) is 1.91. The van der Waals surface area contributed by atoms with Crippen molar-refractivity contribution in [1.82, 2.24) is 9.13 Å². The van der Waals surface area contributed by atoms with E-state index in [9.17, 15) is 9.59 Å². The molecule has 0 radical (unpaired) electrons. The quantitative estimate of drug-likeness (QED) is 0.676. The monoisotopic (exact) mass is 228 g/mol. The van der Waals surface area contributed by atoms with E-state index in [2.05, 4.69) is 13.6 Å². The first-order valence-corrected chi connectivity index (χ1v) is 6.87. The average molecular weight is 228 g/mol. The van der Waals surface area contributed by atoms with Gasteiger partial charge in [-0.25, -0.2) is 4.79 Å². The summed E-state index contributed by atoms with van der Waals surface area (Å²) in [6.45, 7) is 5.98. The average Bonchev–Trinajstić information content (AvgIpc) is 2.23. The normalized spacial score (nSPS) is 12.9. The lowest BCUT2D eigenvalue weighted by molar-refractivity contribution is 0.676. The molecule has 0 aliphatic rings. The van der Waals surface area contributed by atoms with Gasteiger partial charge < -0.3 is 4.57 Å². The van der Waals surface area contributed by atoms with E-state index in [4.69, 9.17) is 0 Å². The molecule has 0 amide bonds. The number of nitrogens with zero attached hydrogens (tertiary/aromatic N) is 2. The van der Waals surface area contributed by atoms with Crippen LogP contribution in [0.25, 0.3) is 0 Å². The van der Waals surface area contributed by atoms with Crippen LogP contribution in [-0.2, 0) is 14.1 Å². The van der Waals surface area contributed by atoms with Crippen molar-refractivity contribution in [3.8, 4) is 0 Å². The maximum atomic E-state index is 11.9. The molecule has 0 saturated heterocycles. The molecule has 1 heterocycles. The third-order valence-corrected chi connectivity index (χ3v) is 5.01. The van der Waals surface area contributed by atoms with E-state index in [1.165, 1.54) is 11.6 Å². The minimum absolute atomic E-state index is 0.133. The van der Waals surface area contributed by atoms with Crippen molar-refractivity contribution in [2.24, 2.45) is 14.1 Å². The molecule has 1 rings (SSSR count). The van der Waals surface area contributed by atoms with Crippen LogP contribution in [0.5, 0.6) is 0 Å². The number of rotatable bonds is 2. The zero-order chi connectivity index (χ0) is 11.7. The van der Waals surface area contributed by atoms with Gasteiger partial charge in [-0.1, -0.05) is 14.8 Å². The molecule has 1 aromatic rings. The van der Waals surface area contributed by atoms with Crippen molar-refractivity contribution in [2.45, 2.75) is 13.8 Å². The van der Waals surface area contributed by atoms with Crippen molar-refractivity contribution in [1.29, 1.82) is 0 Å². The Bertz CT molecular complexity index is 487. The lowest BCUT2D eigenvalue weighted by Gasteiger charge is -2.16. The first kappa shape index (κ1) is 12.2. The highest BCUT2D eigenvalue weighted by molar-refractivity contribution is 7.64. The second-order valence-electron chi connectivity index (χ2n) is 3.65. The van der Waals surface area contributed by atoms with Crippen molar-refractivity contribution in [3.05, 3.63) is 26.5 Å². The van der Waals surface area contributed by atoms with Gasteiger partial charge in [-0.3, -0.25) is 9.36 Å². The molecule has 4 nitrogen and oxygen atoms in total. The first-order valence-electron chi connectivity index (χ1n) is 4.89. The van der Waals surface area contributed by atoms with Crippen molar-refractivity contribution in [2.75, 3.05) is 12.8 Å². The Labute approximate surface area is 90.3 Å². The van der Waals surface area contributed by atoms with Crippen molar-refractivity contribution < 1.29 is 0 Å². The molecular formula is C10H17N2O2P. The Morgan fingerprint density at radius 1 is 1.20 bits per heavy atom. The summed E-state index contributed by atoms with van der Waals surface area (Å²) in [4.78, 5) is 23.5. The maximum absolute atomic E-state index is 11.9. The summed E-state index contributed by atoms with van der Waals surface area (Å²) in [5.41, 5.74) is 0.422. The van der Waals surface area contributed by atoms with Gasteiger partial charge in [-0.15, -0.1) is 0 Å². The van der Waals surface area contributed by atoms with E-state index >= 15 is 0 Å². The fraction of sp³-hybridized carbons (Fsp3) is 0.600. The third-order valence-electron chi connectivity index (χ3n) is 2.78. The summed E-state index contributed by atoms with van der Waals surface area (Å²) in [5.74, 6) is 0. The van der Waals surface area contributed by atoms with Gasteiger partial charge in [-0.2, -0.15) is 0 Å². The van der Waals surface area contributed by atoms with Gasteiger partial charge in [0.15, 0.2) is 0 Å². The zero-order valence-electron chi connectivity index (χ0n) is 9.87. The van der Waals surface area contributed by atoms with Crippen LogP contribution < -0.4 is 16.6 Å². The first-order chi connectivity index (χ1) is 6.91. The van der Waals surface area contributed by atoms with E-state index in [-0.39, 0.29) is 11.2 Å². The molecule has 0 N–H and O–H groups in total. The van der Waals surface area contributed by atoms with Crippen LogP contribution >= 0.6 is 7.92 Å². The van der Waals surface area contributed by atoms with E-state index in [1.807, 2.05) is 6.92 Å². The molecular weight excluding hydrogens is 211 g/mol. The van der Waals surface area contributed by atoms with Crippen LogP contribution in [0, 0.1) is 6.92 Å². The van der Waals surface area contributed by atoms with Crippen LogP contribution in [0.3, 0.4) is 0 Å². The fourth-order valence-corrected chi connectivity index (χ4v) is 3.02. The Kier molecular flexibility index (Phi) is 3.50. The number of hydrogen-bond donors (Lipinski definition) is 0. The summed E-state index contributed by atoms with van der Waals surface area (Å²) in [6.07, 6.45) is 0.962. The van der Waals surface area contributed by atoms with Crippen molar-refractivity contribution >= 4 is 13.2 Å². The number of aromatic nitrogens is 2. The summed E-state index contributed by atoms with van der Waals surface area (Å²) < 4.78 is 2.74. The van der Waals surface area contributed by atoms with Crippen LogP contribution in [0.2, 0.25) is 0 Å². The standard InChI is InChI=1S/C10H17N2O2P/c1-6-15(5)8-7(2)11(3)10(14)12(4)9(8)13/h6H2,1-5H3. The van der Waals surface area contributed by atoms with Gasteiger partial charge in [0.25, 0.3) is 5.56 Å². The van der Waals surface area contributed by atoms with Gasteiger partial charge in [0, 0.05) is 19.8 Å². The molecule has 5 heteroatoms. The largest absolute Gasteiger partial charge is 0.330 e.